The Balaban J connectivity index is 2.38. The summed E-state index contributed by atoms with van der Waals surface area (Å²) in [6.07, 6.45) is 0.535. The average molecular weight is 255 g/mol. The zero-order valence-electron chi connectivity index (χ0n) is 9.79. The zero-order valence-corrected chi connectivity index (χ0v) is 9.79. The number of carboxylic acid groups (broad SMARTS) is 1. The Morgan fingerprint density at radius 2 is 1.74 bits per heavy atom. The Hall–Kier alpha value is -2.69. The average Bonchev–Trinajstić information content (AvgIpc) is 2.76. The van der Waals surface area contributed by atoms with Gasteiger partial charge in [0.25, 0.3) is 5.69 Å². The molecule has 3 rings (SSSR count). The third kappa shape index (κ3) is 1.59. The molecular formula is C14H9NO4. The molecule has 0 aromatic heterocycles. The molecule has 19 heavy (non-hydrogen) atoms. The van der Waals surface area contributed by atoms with Gasteiger partial charge in [-0.3, -0.25) is 10.1 Å². The Kier molecular flexibility index (Phi) is 2.35. The van der Waals surface area contributed by atoms with Gasteiger partial charge in [0, 0.05) is 11.6 Å². The van der Waals surface area contributed by atoms with E-state index in [1.165, 1.54) is 12.1 Å². The number of hydrogen-bond donors (Lipinski definition) is 1. The van der Waals surface area contributed by atoms with E-state index in [2.05, 4.69) is 0 Å². The highest BCUT2D eigenvalue weighted by atomic mass is 16.6. The van der Waals surface area contributed by atoms with Crippen LogP contribution in [0.2, 0.25) is 0 Å². The van der Waals surface area contributed by atoms with Crippen LogP contribution in [0.25, 0.3) is 11.1 Å². The highest BCUT2D eigenvalue weighted by Gasteiger charge is 2.30. The topological polar surface area (TPSA) is 80.4 Å². The largest absolute Gasteiger partial charge is 0.478 e. The van der Waals surface area contributed by atoms with Crippen LogP contribution in [-0.4, -0.2) is 16.0 Å². The van der Waals surface area contributed by atoms with Gasteiger partial charge in [-0.05, 0) is 23.6 Å². The normalized spacial score (nSPS) is 11.8. The highest BCUT2D eigenvalue weighted by Crippen LogP contribution is 2.44. The van der Waals surface area contributed by atoms with Gasteiger partial charge in [0.15, 0.2) is 0 Å². The Bertz CT molecular complexity index is 660. The van der Waals surface area contributed by atoms with Gasteiger partial charge in [-0.15, -0.1) is 0 Å². The smallest absolute Gasteiger partial charge is 0.336 e. The number of nitrogens with zero attached hydrogens (tertiary/aromatic N) is 1. The summed E-state index contributed by atoms with van der Waals surface area (Å²) in [6.45, 7) is 0. The second kappa shape index (κ2) is 3.91. The molecule has 1 aliphatic rings. The molecule has 5 heteroatoms. The van der Waals surface area contributed by atoms with Crippen molar-refractivity contribution in [1.29, 1.82) is 0 Å². The summed E-state index contributed by atoms with van der Waals surface area (Å²) in [6, 6.07) is 9.79. The first-order chi connectivity index (χ1) is 9.09. The highest BCUT2D eigenvalue weighted by molar-refractivity contribution is 6.00. The molecule has 0 unspecified atom stereocenters. The Morgan fingerprint density at radius 3 is 2.37 bits per heavy atom. The SMILES string of the molecule is O=C(O)c1cccc2c1-c1c(cccc1[N+](=O)[O-])C2. The van der Waals surface area contributed by atoms with E-state index in [-0.39, 0.29) is 11.3 Å². The summed E-state index contributed by atoms with van der Waals surface area (Å²) in [5, 5.41) is 20.3. The quantitative estimate of drug-likeness (QED) is 0.564. The van der Waals surface area contributed by atoms with Crippen LogP contribution in [0.15, 0.2) is 36.4 Å². The summed E-state index contributed by atoms with van der Waals surface area (Å²) in [5.74, 6) is -1.07. The lowest BCUT2D eigenvalue weighted by atomic mass is 9.98. The maximum absolute atomic E-state index is 11.3. The number of benzene rings is 2. The van der Waals surface area contributed by atoms with E-state index in [0.717, 1.165) is 11.1 Å². The van der Waals surface area contributed by atoms with Crippen LogP contribution in [0, 0.1) is 10.1 Å². The van der Waals surface area contributed by atoms with E-state index in [1.54, 1.807) is 18.2 Å². The molecule has 1 aliphatic carbocycles. The molecule has 0 aliphatic heterocycles. The first-order valence-electron chi connectivity index (χ1n) is 5.71. The lowest BCUT2D eigenvalue weighted by Crippen LogP contribution is -2.01. The summed E-state index contributed by atoms with van der Waals surface area (Å²) in [5.41, 5.74) is 2.63. The third-order valence-corrected chi connectivity index (χ3v) is 3.34. The predicted molar refractivity (Wildman–Crippen MR) is 68.3 cm³/mol. The molecular weight excluding hydrogens is 246 g/mol. The fourth-order valence-corrected chi connectivity index (χ4v) is 2.60. The van der Waals surface area contributed by atoms with Crippen molar-refractivity contribution in [2.45, 2.75) is 6.42 Å². The maximum Gasteiger partial charge on any atom is 0.336 e. The molecule has 5 nitrogen and oxygen atoms in total. The second-order valence-electron chi connectivity index (χ2n) is 4.39. The number of carbonyl (C=O) groups is 1. The number of rotatable bonds is 2. The molecule has 0 amide bonds. The molecule has 2 aromatic rings. The summed E-state index contributed by atoms with van der Waals surface area (Å²) in [7, 11) is 0. The third-order valence-electron chi connectivity index (χ3n) is 3.34. The number of carboxylic acids is 1. The van der Waals surface area contributed by atoms with Gasteiger partial charge in [-0.25, -0.2) is 4.79 Å². The van der Waals surface area contributed by atoms with Gasteiger partial charge in [-0.1, -0.05) is 24.3 Å². The van der Waals surface area contributed by atoms with Crippen LogP contribution in [0.5, 0.6) is 0 Å². The predicted octanol–water partition coefficient (Wildman–Crippen LogP) is 2.86. The van der Waals surface area contributed by atoms with Crippen molar-refractivity contribution in [3.63, 3.8) is 0 Å². The van der Waals surface area contributed by atoms with Crippen molar-refractivity contribution in [3.05, 3.63) is 63.2 Å². The van der Waals surface area contributed by atoms with E-state index in [1.807, 2.05) is 6.07 Å². The standard InChI is InChI=1S/C14H9NO4/c16-14(17)10-5-1-3-8-7-9-4-2-6-11(15(18)19)13(9)12(8)10/h1-6H,7H2,(H,16,17). The van der Waals surface area contributed by atoms with E-state index in [9.17, 15) is 20.0 Å². The molecule has 0 atom stereocenters. The van der Waals surface area contributed by atoms with Crippen LogP contribution in [0.3, 0.4) is 0 Å². The minimum absolute atomic E-state index is 0.0371. The lowest BCUT2D eigenvalue weighted by molar-refractivity contribution is -0.384. The number of hydrogen-bond acceptors (Lipinski definition) is 3. The van der Waals surface area contributed by atoms with Gasteiger partial charge in [-0.2, -0.15) is 0 Å². The van der Waals surface area contributed by atoms with Crippen molar-refractivity contribution < 1.29 is 14.8 Å². The Labute approximate surface area is 108 Å². The van der Waals surface area contributed by atoms with Crippen LogP contribution < -0.4 is 0 Å². The number of fused-ring (bicyclic) bond motifs is 3. The van der Waals surface area contributed by atoms with Crippen LogP contribution in [-0.2, 0) is 6.42 Å². The van der Waals surface area contributed by atoms with Gasteiger partial charge in [0.05, 0.1) is 16.1 Å². The zero-order chi connectivity index (χ0) is 13.6. The summed E-state index contributed by atoms with van der Waals surface area (Å²) < 4.78 is 0. The lowest BCUT2D eigenvalue weighted by Gasteiger charge is -2.06. The van der Waals surface area contributed by atoms with Gasteiger partial charge in [0.1, 0.15) is 0 Å². The maximum atomic E-state index is 11.3. The number of aromatic carboxylic acids is 1. The van der Waals surface area contributed by atoms with E-state index < -0.39 is 10.9 Å². The summed E-state index contributed by atoms with van der Waals surface area (Å²) >= 11 is 0. The first kappa shape index (κ1) is 11.4. The molecule has 94 valence electrons. The molecule has 2 aromatic carbocycles. The molecule has 0 radical (unpaired) electrons. The van der Waals surface area contributed by atoms with Crippen molar-refractivity contribution in [1.82, 2.24) is 0 Å². The van der Waals surface area contributed by atoms with Crippen molar-refractivity contribution in [2.75, 3.05) is 0 Å². The molecule has 0 fully saturated rings. The Morgan fingerprint density at radius 1 is 1.11 bits per heavy atom. The molecule has 0 spiro atoms. The van der Waals surface area contributed by atoms with E-state index >= 15 is 0 Å². The molecule has 0 bridgehead atoms. The minimum atomic E-state index is -1.07. The monoisotopic (exact) mass is 255 g/mol. The molecule has 0 saturated carbocycles. The van der Waals surface area contributed by atoms with Crippen LogP contribution >= 0.6 is 0 Å². The van der Waals surface area contributed by atoms with E-state index in [4.69, 9.17) is 0 Å². The van der Waals surface area contributed by atoms with E-state index in [0.29, 0.717) is 17.5 Å². The summed E-state index contributed by atoms with van der Waals surface area (Å²) in [4.78, 5) is 21.9. The van der Waals surface area contributed by atoms with Crippen LogP contribution in [0.4, 0.5) is 5.69 Å². The van der Waals surface area contributed by atoms with Gasteiger partial charge < -0.3 is 5.11 Å². The molecule has 0 saturated heterocycles. The molecule has 1 N–H and O–H groups in total. The second-order valence-corrected chi connectivity index (χ2v) is 4.39. The van der Waals surface area contributed by atoms with Crippen molar-refractivity contribution >= 4 is 11.7 Å². The van der Waals surface area contributed by atoms with Gasteiger partial charge in [0.2, 0.25) is 0 Å². The number of nitro benzene ring substituents is 1. The van der Waals surface area contributed by atoms with Gasteiger partial charge >= 0.3 is 5.97 Å². The fourth-order valence-electron chi connectivity index (χ4n) is 2.60. The van der Waals surface area contributed by atoms with Crippen molar-refractivity contribution in [3.8, 4) is 11.1 Å². The fraction of sp³-hybridized carbons (Fsp3) is 0.0714. The minimum Gasteiger partial charge on any atom is -0.478 e. The van der Waals surface area contributed by atoms with Crippen LogP contribution in [0.1, 0.15) is 21.5 Å². The molecule has 0 heterocycles. The van der Waals surface area contributed by atoms with Crippen molar-refractivity contribution in [2.24, 2.45) is 0 Å². The number of nitro groups is 1. The first-order valence-corrected chi connectivity index (χ1v) is 5.71.